The lowest BCUT2D eigenvalue weighted by atomic mass is 9.84. The molecule has 2 atom stereocenters. The first kappa shape index (κ1) is 11.3. The van der Waals surface area contributed by atoms with Gasteiger partial charge >= 0.3 is 0 Å². The highest BCUT2D eigenvalue weighted by Crippen LogP contribution is 2.26. The molecule has 1 aliphatic carbocycles. The molecule has 0 aliphatic heterocycles. The molecule has 14 heavy (non-hydrogen) atoms. The van der Waals surface area contributed by atoms with Crippen LogP contribution < -0.4 is 5.32 Å². The minimum absolute atomic E-state index is 0.622. The van der Waals surface area contributed by atoms with E-state index in [0.717, 1.165) is 24.9 Å². The van der Waals surface area contributed by atoms with Crippen molar-refractivity contribution in [3.63, 3.8) is 0 Å². The first-order valence-corrected chi connectivity index (χ1v) is 5.47. The maximum absolute atomic E-state index is 8.39. The van der Waals surface area contributed by atoms with Crippen LogP contribution in [0.15, 0.2) is 11.6 Å². The molecule has 1 N–H and O–H groups in total. The van der Waals surface area contributed by atoms with Gasteiger partial charge in [-0.15, -0.1) is 0 Å². The van der Waals surface area contributed by atoms with Gasteiger partial charge in [0.05, 0.1) is 6.07 Å². The summed E-state index contributed by atoms with van der Waals surface area (Å²) in [5.74, 6) is 1.50. The van der Waals surface area contributed by atoms with E-state index in [-0.39, 0.29) is 0 Å². The normalized spacial score (nSPS) is 26.8. The van der Waals surface area contributed by atoms with Crippen LogP contribution in [-0.4, -0.2) is 13.1 Å². The average Bonchev–Trinajstić information content (AvgIpc) is 2.11. The second-order valence-electron chi connectivity index (χ2n) is 4.41. The summed E-state index contributed by atoms with van der Waals surface area (Å²) in [5.41, 5.74) is 1.52. The minimum Gasteiger partial charge on any atom is -0.315 e. The van der Waals surface area contributed by atoms with Crippen molar-refractivity contribution in [2.45, 2.75) is 33.1 Å². The number of nitrogens with zero attached hydrogens (tertiary/aromatic N) is 1. The van der Waals surface area contributed by atoms with Gasteiger partial charge in [-0.25, -0.2) is 0 Å². The topological polar surface area (TPSA) is 35.8 Å². The molecule has 0 spiro atoms. The average molecular weight is 192 g/mol. The fourth-order valence-electron chi connectivity index (χ4n) is 2.29. The predicted molar refractivity (Wildman–Crippen MR) is 58.7 cm³/mol. The SMILES string of the molecule is CC1=CC(C)CC(CNCCC#N)C1. The van der Waals surface area contributed by atoms with Crippen LogP contribution in [0.25, 0.3) is 0 Å². The molecule has 78 valence electrons. The molecule has 0 saturated carbocycles. The van der Waals surface area contributed by atoms with Crippen LogP contribution in [0.1, 0.15) is 33.1 Å². The third-order valence-corrected chi connectivity index (χ3v) is 2.73. The zero-order valence-corrected chi connectivity index (χ0v) is 9.21. The van der Waals surface area contributed by atoms with Crippen LogP contribution in [0.3, 0.4) is 0 Å². The van der Waals surface area contributed by atoms with Gasteiger partial charge in [0.15, 0.2) is 0 Å². The van der Waals surface area contributed by atoms with Crippen LogP contribution >= 0.6 is 0 Å². The smallest absolute Gasteiger partial charge is 0.0635 e. The third kappa shape index (κ3) is 3.93. The van der Waals surface area contributed by atoms with E-state index >= 15 is 0 Å². The molecule has 1 rings (SSSR count). The summed E-state index contributed by atoms with van der Waals surface area (Å²) in [6.45, 7) is 6.41. The summed E-state index contributed by atoms with van der Waals surface area (Å²) in [5, 5.41) is 11.7. The van der Waals surface area contributed by atoms with E-state index < -0.39 is 0 Å². The van der Waals surface area contributed by atoms with Crippen LogP contribution in [0, 0.1) is 23.2 Å². The number of hydrogen-bond acceptors (Lipinski definition) is 2. The highest BCUT2D eigenvalue weighted by molar-refractivity contribution is 5.06. The van der Waals surface area contributed by atoms with E-state index in [0.29, 0.717) is 6.42 Å². The lowest BCUT2D eigenvalue weighted by Crippen LogP contribution is -2.26. The van der Waals surface area contributed by atoms with Crippen LogP contribution in [0.4, 0.5) is 0 Å². The van der Waals surface area contributed by atoms with Crippen LogP contribution in [0.2, 0.25) is 0 Å². The molecule has 0 aromatic heterocycles. The summed E-state index contributed by atoms with van der Waals surface area (Å²) in [7, 11) is 0. The quantitative estimate of drug-likeness (QED) is 0.548. The molecule has 0 amide bonds. The third-order valence-electron chi connectivity index (χ3n) is 2.73. The summed E-state index contributed by atoms with van der Waals surface area (Å²) < 4.78 is 0. The molecule has 2 heteroatoms. The van der Waals surface area contributed by atoms with Crippen molar-refractivity contribution in [1.29, 1.82) is 5.26 Å². The summed E-state index contributed by atoms with van der Waals surface area (Å²) in [6, 6.07) is 2.15. The summed E-state index contributed by atoms with van der Waals surface area (Å²) in [6.07, 6.45) is 5.52. The van der Waals surface area contributed by atoms with Crippen molar-refractivity contribution in [1.82, 2.24) is 5.32 Å². The standard InChI is InChI=1S/C12H20N2/c1-10-6-11(2)8-12(7-10)9-14-5-3-4-13/h6,10,12,14H,3,5,7-9H2,1-2H3. The Morgan fingerprint density at radius 3 is 3.07 bits per heavy atom. The molecule has 0 aromatic rings. The van der Waals surface area contributed by atoms with Crippen LogP contribution in [0.5, 0.6) is 0 Å². The fourth-order valence-corrected chi connectivity index (χ4v) is 2.29. The van der Waals surface area contributed by atoms with Gasteiger partial charge in [-0.3, -0.25) is 0 Å². The van der Waals surface area contributed by atoms with E-state index in [2.05, 4.69) is 31.3 Å². The van der Waals surface area contributed by atoms with E-state index in [1.807, 2.05) is 0 Å². The maximum atomic E-state index is 8.39. The van der Waals surface area contributed by atoms with Gasteiger partial charge < -0.3 is 5.32 Å². The van der Waals surface area contributed by atoms with Gasteiger partial charge in [-0.1, -0.05) is 18.6 Å². The molecule has 2 unspecified atom stereocenters. The van der Waals surface area contributed by atoms with Crippen molar-refractivity contribution >= 4 is 0 Å². The van der Waals surface area contributed by atoms with Crippen LogP contribution in [-0.2, 0) is 0 Å². The highest BCUT2D eigenvalue weighted by Gasteiger charge is 2.17. The first-order valence-electron chi connectivity index (χ1n) is 5.47. The molecule has 0 bridgehead atoms. The molecule has 1 aliphatic rings. The second kappa shape index (κ2) is 5.82. The molecular formula is C12H20N2. The number of hydrogen-bond donors (Lipinski definition) is 1. The number of nitriles is 1. The van der Waals surface area contributed by atoms with E-state index in [4.69, 9.17) is 5.26 Å². The Balaban J connectivity index is 2.20. The van der Waals surface area contributed by atoms with Crippen molar-refractivity contribution < 1.29 is 0 Å². The van der Waals surface area contributed by atoms with E-state index in [1.54, 1.807) is 0 Å². The minimum atomic E-state index is 0.622. The van der Waals surface area contributed by atoms with Crippen molar-refractivity contribution in [2.24, 2.45) is 11.8 Å². The molecular weight excluding hydrogens is 172 g/mol. The largest absolute Gasteiger partial charge is 0.315 e. The summed E-state index contributed by atoms with van der Waals surface area (Å²) in [4.78, 5) is 0. The molecule has 0 radical (unpaired) electrons. The highest BCUT2D eigenvalue weighted by atomic mass is 14.9. The molecule has 0 saturated heterocycles. The Morgan fingerprint density at radius 1 is 1.64 bits per heavy atom. The van der Waals surface area contributed by atoms with Gasteiger partial charge in [0.25, 0.3) is 0 Å². The lowest BCUT2D eigenvalue weighted by Gasteiger charge is -2.25. The Labute approximate surface area is 87.0 Å². The zero-order valence-electron chi connectivity index (χ0n) is 9.21. The maximum Gasteiger partial charge on any atom is 0.0635 e. The van der Waals surface area contributed by atoms with Crippen molar-refractivity contribution in [2.75, 3.05) is 13.1 Å². The van der Waals surface area contributed by atoms with Gasteiger partial charge in [0.1, 0.15) is 0 Å². The van der Waals surface area contributed by atoms with Gasteiger partial charge in [0, 0.05) is 13.0 Å². The molecule has 0 aromatic carbocycles. The Hall–Kier alpha value is -0.810. The fraction of sp³-hybridized carbons (Fsp3) is 0.750. The number of rotatable bonds is 4. The van der Waals surface area contributed by atoms with Gasteiger partial charge in [-0.05, 0) is 38.1 Å². The second-order valence-corrected chi connectivity index (χ2v) is 4.41. The van der Waals surface area contributed by atoms with Gasteiger partial charge in [-0.2, -0.15) is 5.26 Å². The first-order chi connectivity index (χ1) is 6.72. The van der Waals surface area contributed by atoms with E-state index in [1.165, 1.54) is 18.4 Å². The summed E-state index contributed by atoms with van der Waals surface area (Å²) >= 11 is 0. The molecule has 0 fully saturated rings. The number of allylic oxidation sites excluding steroid dienone is 2. The predicted octanol–water partition coefficient (Wildman–Crippen LogP) is 2.48. The zero-order chi connectivity index (χ0) is 10.4. The Morgan fingerprint density at radius 2 is 2.43 bits per heavy atom. The molecule has 0 heterocycles. The Kier molecular flexibility index (Phi) is 4.69. The number of nitrogens with one attached hydrogen (secondary N) is 1. The van der Waals surface area contributed by atoms with Crippen molar-refractivity contribution in [3.05, 3.63) is 11.6 Å². The Bertz CT molecular complexity index is 237. The lowest BCUT2D eigenvalue weighted by molar-refractivity contribution is 0.383. The monoisotopic (exact) mass is 192 g/mol. The molecule has 2 nitrogen and oxygen atoms in total. The van der Waals surface area contributed by atoms with Gasteiger partial charge in [0.2, 0.25) is 0 Å². The van der Waals surface area contributed by atoms with E-state index in [9.17, 15) is 0 Å². The van der Waals surface area contributed by atoms with Crippen molar-refractivity contribution in [3.8, 4) is 6.07 Å².